The Labute approximate surface area is 176 Å². The van der Waals surface area contributed by atoms with Gasteiger partial charge in [-0.3, -0.25) is 9.59 Å². The number of pyridine rings is 1. The average molecular weight is 429 g/mol. The van der Waals surface area contributed by atoms with E-state index in [1.807, 2.05) is 39.9 Å². The molecular weight excluding hydrogens is 408 g/mol. The van der Waals surface area contributed by atoms with Gasteiger partial charge in [-0.25, -0.2) is 4.98 Å². The topological polar surface area (TPSA) is 91.3 Å². The lowest BCUT2D eigenvalue weighted by Crippen LogP contribution is -2.49. The minimum atomic E-state index is -0.224. The standard InChI is InChI=1S/C19H20N6O2S2/c26-16(21-19-23-22-18(29-19)14-6-12-28-13-14)4-5-17(27)25-10-8-24(9-11-25)15-3-1-2-7-20-15/h1-3,6-7,12-13H,4-5,8-11H2,(H,21,23,26). The maximum Gasteiger partial charge on any atom is 0.226 e. The van der Waals surface area contributed by atoms with Crippen molar-refractivity contribution in [3.63, 3.8) is 0 Å². The summed E-state index contributed by atoms with van der Waals surface area (Å²) in [5.41, 5.74) is 0.994. The molecule has 0 aromatic carbocycles. The maximum absolute atomic E-state index is 12.4. The summed E-state index contributed by atoms with van der Waals surface area (Å²) in [5, 5.41) is 16.0. The van der Waals surface area contributed by atoms with E-state index in [-0.39, 0.29) is 24.7 Å². The van der Waals surface area contributed by atoms with E-state index in [1.165, 1.54) is 11.3 Å². The molecule has 0 unspecified atom stereocenters. The Morgan fingerprint density at radius 3 is 2.66 bits per heavy atom. The summed E-state index contributed by atoms with van der Waals surface area (Å²) in [4.78, 5) is 32.9. The molecule has 150 valence electrons. The molecule has 0 spiro atoms. The summed E-state index contributed by atoms with van der Waals surface area (Å²) in [7, 11) is 0. The van der Waals surface area contributed by atoms with Gasteiger partial charge in [0.2, 0.25) is 16.9 Å². The first kappa shape index (κ1) is 19.5. The second-order valence-electron chi connectivity index (χ2n) is 6.53. The SMILES string of the molecule is O=C(CCC(=O)N1CCN(c2ccccn2)CC1)Nc1nnc(-c2ccsc2)s1. The van der Waals surface area contributed by atoms with Crippen molar-refractivity contribution >= 4 is 45.4 Å². The van der Waals surface area contributed by atoms with Crippen LogP contribution in [-0.2, 0) is 9.59 Å². The van der Waals surface area contributed by atoms with E-state index in [0.717, 1.165) is 29.5 Å². The summed E-state index contributed by atoms with van der Waals surface area (Å²) in [6.07, 6.45) is 2.09. The van der Waals surface area contributed by atoms with Crippen LogP contribution in [0.2, 0.25) is 0 Å². The van der Waals surface area contributed by atoms with Crippen LogP contribution in [0.4, 0.5) is 10.9 Å². The molecule has 1 saturated heterocycles. The van der Waals surface area contributed by atoms with Gasteiger partial charge in [0.1, 0.15) is 10.8 Å². The van der Waals surface area contributed by atoms with E-state index in [1.54, 1.807) is 17.5 Å². The monoisotopic (exact) mass is 428 g/mol. The van der Waals surface area contributed by atoms with E-state index in [4.69, 9.17) is 0 Å². The summed E-state index contributed by atoms with van der Waals surface area (Å²) in [5.74, 6) is 0.702. The van der Waals surface area contributed by atoms with E-state index in [0.29, 0.717) is 18.2 Å². The molecule has 1 fully saturated rings. The fraction of sp³-hybridized carbons (Fsp3) is 0.316. The number of carbonyl (C=O) groups excluding carboxylic acids is 2. The van der Waals surface area contributed by atoms with Crippen LogP contribution in [-0.4, -0.2) is 58.1 Å². The highest BCUT2D eigenvalue weighted by molar-refractivity contribution is 7.19. The fourth-order valence-electron chi connectivity index (χ4n) is 3.06. The van der Waals surface area contributed by atoms with Crippen LogP contribution in [0, 0.1) is 0 Å². The third-order valence-electron chi connectivity index (χ3n) is 4.61. The number of nitrogens with one attached hydrogen (secondary N) is 1. The Morgan fingerprint density at radius 2 is 1.93 bits per heavy atom. The van der Waals surface area contributed by atoms with Crippen molar-refractivity contribution in [2.75, 3.05) is 36.4 Å². The molecular formula is C19H20N6O2S2. The number of hydrogen-bond donors (Lipinski definition) is 1. The zero-order chi connectivity index (χ0) is 20.1. The molecule has 0 saturated carbocycles. The first-order valence-corrected chi connectivity index (χ1v) is 11.0. The second kappa shape index (κ2) is 9.10. The summed E-state index contributed by atoms with van der Waals surface area (Å²) in [6.45, 7) is 2.76. The molecule has 4 heterocycles. The number of amides is 2. The van der Waals surface area contributed by atoms with Crippen molar-refractivity contribution in [2.45, 2.75) is 12.8 Å². The van der Waals surface area contributed by atoms with Gasteiger partial charge >= 0.3 is 0 Å². The van der Waals surface area contributed by atoms with Crippen LogP contribution < -0.4 is 10.2 Å². The second-order valence-corrected chi connectivity index (χ2v) is 8.29. The molecule has 4 rings (SSSR count). The molecule has 3 aromatic rings. The molecule has 29 heavy (non-hydrogen) atoms. The van der Waals surface area contributed by atoms with Crippen LogP contribution in [0.25, 0.3) is 10.6 Å². The predicted molar refractivity (Wildman–Crippen MR) is 114 cm³/mol. The highest BCUT2D eigenvalue weighted by Crippen LogP contribution is 2.27. The van der Waals surface area contributed by atoms with E-state index in [2.05, 4.69) is 25.4 Å². The number of thiophene rings is 1. The molecule has 10 heteroatoms. The van der Waals surface area contributed by atoms with Crippen LogP contribution in [0.15, 0.2) is 41.2 Å². The van der Waals surface area contributed by atoms with Crippen molar-refractivity contribution in [1.29, 1.82) is 0 Å². The van der Waals surface area contributed by atoms with E-state index in [9.17, 15) is 9.59 Å². The molecule has 8 nitrogen and oxygen atoms in total. The maximum atomic E-state index is 12.4. The van der Waals surface area contributed by atoms with Crippen LogP contribution in [0.3, 0.4) is 0 Å². The Balaban J connectivity index is 1.21. The fourth-order valence-corrected chi connectivity index (χ4v) is 4.53. The largest absolute Gasteiger partial charge is 0.353 e. The van der Waals surface area contributed by atoms with E-state index < -0.39 is 0 Å². The summed E-state index contributed by atoms with van der Waals surface area (Å²) in [6, 6.07) is 7.78. The Morgan fingerprint density at radius 1 is 1.07 bits per heavy atom. The third kappa shape index (κ3) is 4.96. The van der Waals surface area contributed by atoms with Crippen molar-refractivity contribution in [1.82, 2.24) is 20.1 Å². The zero-order valence-corrected chi connectivity index (χ0v) is 17.3. The van der Waals surface area contributed by atoms with Crippen LogP contribution >= 0.6 is 22.7 Å². The molecule has 0 aliphatic carbocycles. The van der Waals surface area contributed by atoms with Gasteiger partial charge in [-0.15, -0.1) is 10.2 Å². The van der Waals surface area contributed by atoms with Crippen molar-refractivity contribution in [3.8, 4) is 10.6 Å². The number of anilines is 2. The van der Waals surface area contributed by atoms with Gasteiger partial charge in [0, 0.05) is 56.2 Å². The van der Waals surface area contributed by atoms with Gasteiger partial charge < -0.3 is 15.1 Å². The highest BCUT2D eigenvalue weighted by atomic mass is 32.1. The van der Waals surface area contributed by atoms with Gasteiger partial charge in [0.15, 0.2) is 0 Å². The quantitative estimate of drug-likeness (QED) is 0.649. The smallest absolute Gasteiger partial charge is 0.226 e. The third-order valence-corrected chi connectivity index (χ3v) is 6.18. The molecule has 0 radical (unpaired) electrons. The van der Waals surface area contributed by atoms with Crippen LogP contribution in [0.1, 0.15) is 12.8 Å². The van der Waals surface area contributed by atoms with Gasteiger partial charge in [-0.05, 0) is 23.6 Å². The first-order valence-electron chi connectivity index (χ1n) is 9.29. The normalized spacial score (nSPS) is 14.1. The molecule has 1 aliphatic heterocycles. The lowest BCUT2D eigenvalue weighted by molar-refractivity contribution is -0.133. The first-order chi connectivity index (χ1) is 14.2. The van der Waals surface area contributed by atoms with Gasteiger partial charge in [-0.2, -0.15) is 11.3 Å². The van der Waals surface area contributed by atoms with Gasteiger partial charge in [0.05, 0.1) is 0 Å². The van der Waals surface area contributed by atoms with Gasteiger partial charge in [0.25, 0.3) is 0 Å². The molecule has 2 amide bonds. The highest BCUT2D eigenvalue weighted by Gasteiger charge is 2.22. The Hall–Kier alpha value is -2.85. The molecule has 1 aliphatic rings. The Bertz CT molecular complexity index is 952. The molecule has 0 atom stereocenters. The van der Waals surface area contributed by atoms with Crippen LogP contribution in [0.5, 0.6) is 0 Å². The minimum Gasteiger partial charge on any atom is -0.353 e. The lowest BCUT2D eigenvalue weighted by atomic mass is 10.2. The zero-order valence-electron chi connectivity index (χ0n) is 15.7. The number of hydrogen-bond acceptors (Lipinski definition) is 8. The molecule has 1 N–H and O–H groups in total. The Kier molecular flexibility index (Phi) is 6.11. The number of rotatable bonds is 6. The number of aromatic nitrogens is 3. The number of nitrogens with zero attached hydrogens (tertiary/aromatic N) is 5. The summed E-state index contributed by atoms with van der Waals surface area (Å²) >= 11 is 2.91. The number of carbonyl (C=O) groups is 2. The number of piperazine rings is 1. The lowest BCUT2D eigenvalue weighted by Gasteiger charge is -2.35. The van der Waals surface area contributed by atoms with Gasteiger partial charge in [-0.1, -0.05) is 17.4 Å². The molecule has 0 bridgehead atoms. The molecule has 3 aromatic heterocycles. The van der Waals surface area contributed by atoms with Crippen molar-refractivity contribution in [2.24, 2.45) is 0 Å². The predicted octanol–water partition coefficient (Wildman–Crippen LogP) is 2.73. The van der Waals surface area contributed by atoms with Crippen molar-refractivity contribution in [3.05, 3.63) is 41.2 Å². The summed E-state index contributed by atoms with van der Waals surface area (Å²) < 4.78 is 0. The minimum absolute atomic E-state index is 0.00273. The van der Waals surface area contributed by atoms with E-state index >= 15 is 0 Å². The average Bonchev–Trinajstić information content (AvgIpc) is 3.45. The van der Waals surface area contributed by atoms with Crippen molar-refractivity contribution < 1.29 is 9.59 Å².